The second kappa shape index (κ2) is 8.99. The van der Waals surface area contributed by atoms with E-state index in [1.54, 1.807) is 15.9 Å². The summed E-state index contributed by atoms with van der Waals surface area (Å²) in [6.45, 7) is 7.01. The summed E-state index contributed by atoms with van der Waals surface area (Å²) in [5, 5.41) is 16.6. The highest BCUT2D eigenvalue weighted by molar-refractivity contribution is 7.71. The van der Waals surface area contributed by atoms with Crippen LogP contribution in [0.5, 0.6) is 0 Å². The van der Waals surface area contributed by atoms with Gasteiger partial charge in [-0.2, -0.15) is 10.2 Å². The SMILES string of the molecule is Cc1cc(C)n(Cc2cccc(CNC(=O)C(C)n3c(-c4cccs4)n[nH]c3=S)c2)n1. The van der Waals surface area contributed by atoms with E-state index in [2.05, 4.69) is 45.7 Å². The normalized spacial score (nSPS) is 12.1. The van der Waals surface area contributed by atoms with Crippen LogP contribution in [0.3, 0.4) is 0 Å². The first-order valence-corrected chi connectivity index (χ1v) is 11.3. The summed E-state index contributed by atoms with van der Waals surface area (Å²) in [6, 6.07) is 13.7. The third-order valence-electron chi connectivity index (χ3n) is 5.11. The van der Waals surface area contributed by atoms with Gasteiger partial charge in [0.2, 0.25) is 5.91 Å². The van der Waals surface area contributed by atoms with Crippen molar-refractivity contribution in [3.8, 4) is 10.7 Å². The number of amides is 1. The van der Waals surface area contributed by atoms with Crippen molar-refractivity contribution in [3.05, 3.63) is 75.1 Å². The molecule has 0 radical (unpaired) electrons. The molecule has 1 aromatic carbocycles. The Hall–Kier alpha value is -3.04. The number of nitrogens with one attached hydrogen (secondary N) is 2. The van der Waals surface area contributed by atoms with E-state index >= 15 is 0 Å². The van der Waals surface area contributed by atoms with Crippen molar-refractivity contribution in [2.75, 3.05) is 0 Å². The van der Waals surface area contributed by atoms with Crippen molar-refractivity contribution in [2.45, 2.75) is 39.9 Å². The number of aromatic nitrogens is 5. The number of aromatic amines is 1. The average Bonchev–Trinajstić information content (AvgIpc) is 3.47. The molecule has 0 spiro atoms. The van der Waals surface area contributed by atoms with Crippen LogP contribution in [-0.4, -0.2) is 30.5 Å². The van der Waals surface area contributed by atoms with Gasteiger partial charge in [-0.05, 0) is 61.6 Å². The first-order chi connectivity index (χ1) is 14.9. The molecular weight excluding hydrogens is 428 g/mol. The highest BCUT2D eigenvalue weighted by Gasteiger charge is 2.21. The largest absolute Gasteiger partial charge is 0.350 e. The maximum absolute atomic E-state index is 12.9. The molecule has 7 nitrogen and oxygen atoms in total. The van der Waals surface area contributed by atoms with Gasteiger partial charge in [0.05, 0.1) is 17.1 Å². The summed E-state index contributed by atoms with van der Waals surface area (Å²) in [6.07, 6.45) is 0. The standard InChI is InChI=1S/C22H24N6OS2/c1-14-10-15(2)27(26-14)13-18-7-4-6-17(11-18)12-23-21(29)16(3)28-20(24-25-22(28)30)19-8-5-9-31-19/h4-11,16H,12-13H2,1-3H3,(H,23,29)(H,25,30). The van der Waals surface area contributed by atoms with Gasteiger partial charge >= 0.3 is 0 Å². The molecule has 1 atom stereocenters. The van der Waals surface area contributed by atoms with Crippen LogP contribution in [0.25, 0.3) is 10.7 Å². The van der Waals surface area contributed by atoms with Crippen LogP contribution in [0.15, 0.2) is 47.8 Å². The molecule has 0 saturated heterocycles. The molecule has 0 aliphatic rings. The summed E-state index contributed by atoms with van der Waals surface area (Å²) in [7, 11) is 0. The fourth-order valence-electron chi connectivity index (χ4n) is 3.54. The second-order valence-corrected chi connectivity index (χ2v) is 8.83. The Balaban J connectivity index is 1.44. The van der Waals surface area contributed by atoms with E-state index < -0.39 is 6.04 Å². The first kappa shape index (κ1) is 21.2. The van der Waals surface area contributed by atoms with E-state index in [4.69, 9.17) is 12.2 Å². The second-order valence-electron chi connectivity index (χ2n) is 7.50. The summed E-state index contributed by atoms with van der Waals surface area (Å²) in [4.78, 5) is 13.8. The highest BCUT2D eigenvalue weighted by Crippen LogP contribution is 2.25. The van der Waals surface area contributed by atoms with E-state index in [-0.39, 0.29) is 5.91 Å². The van der Waals surface area contributed by atoms with E-state index in [9.17, 15) is 4.79 Å². The summed E-state index contributed by atoms with van der Waals surface area (Å²) >= 11 is 6.93. The number of carbonyl (C=O) groups excluding carboxylic acids is 1. The molecule has 1 amide bonds. The number of hydrogen-bond acceptors (Lipinski definition) is 5. The van der Waals surface area contributed by atoms with Gasteiger partial charge in [-0.3, -0.25) is 19.1 Å². The van der Waals surface area contributed by atoms with Crippen LogP contribution in [0.2, 0.25) is 0 Å². The number of nitrogens with zero attached hydrogens (tertiary/aromatic N) is 4. The Bertz CT molecular complexity index is 1250. The van der Waals surface area contributed by atoms with E-state index in [1.807, 2.05) is 48.2 Å². The van der Waals surface area contributed by atoms with Gasteiger partial charge in [-0.1, -0.05) is 30.3 Å². The van der Waals surface area contributed by atoms with Crippen molar-refractivity contribution in [3.63, 3.8) is 0 Å². The van der Waals surface area contributed by atoms with Crippen molar-refractivity contribution in [1.82, 2.24) is 29.9 Å². The molecule has 31 heavy (non-hydrogen) atoms. The zero-order valence-corrected chi connectivity index (χ0v) is 19.3. The molecular formula is C22H24N6OS2. The smallest absolute Gasteiger partial charge is 0.243 e. The van der Waals surface area contributed by atoms with Crippen LogP contribution in [0.4, 0.5) is 0 Å². The number of thiophene rings is 1. The molecule has 0 bridgehead atoms. The Kier molecular flexibility index (Phi) is 6.15. The maximum atomic E-state index is 12.9. The van der Waals surface area contributed by atoms with Crippen LogP contribution in [0.1, 0.15) is 35.5 Å². The zero-order valence-electron chi connectivity index (χ0n) is 17.6. The van der Waals surface area contributed by atoms with Gasteiger partial charge in [0.25, 0.3) is 0 Å². The van der Waals surface area contributed by atoms with Gasteiger partial charge in [0, 0.05) is 12.2 Å². The van der Waals surface area contributed by atoms with Crippen molar-refractivity contribution in [1.29, 1.82) is 0 Å². The summed E-state index contributed by atoms with van der Waals surface area (Å²) in [5.74, 6) is 0.564. The summed E-state index contributed by atoms with van der Waals surface area (Å²) in [5.41, 5.74) is 4.31. The van der Waals surface area contributed by atoms with E-state index in [1.165, 1.54) is 0 Å². The number of benzene rings is 1. The lowest BCUT2D eigenvalue weighted by atomic mass is 10.1. The molecule has 0 saturated carbocycles. The predicted molar refractivity (Wildman–Crippen MR) is 125 cm³/mol. The monoisotopic (exact) mass is 452 g/mol. The maximum Gasteiger partial charge on any atom is 0.243 e. The van der Waals surface area contributed by atoms with Gasteiger partial charge in [0.15, 0.2) is 10.6 Å². The fraction of sp³-hybridized carbons (Fsp3) is 0.273. The molecule has 160 valence electrons. The number of hydrogen-bond donors (Lipinski definition) is 2. The van der Waals surface area contributed by atoms with Crippen molar-refractivity contribution in [2.24, 2.45) is 0 Å². The average molecular weight is 453 g/mol. The minimum Gasteiger partial charge on any atom is -0.350 e. The first-order valence-electron chi connectivity index (χ1n) is 9.99. The Morgan fingerprint density at radius 1 is 1.23 bits per heavy atom. The number of carbonyl (C=O) groups is 1. The van der Waals surface area contributed by atoms with E-state index in [0.29, 0.717) is 23.7 Å². The number of aryl methyl sites for hydroxylation is 2. The zero-order chi connectivity index (χ0) is 22.0. The summed E-state index contributed by atoms with van der Waals surface area (Å²) < 4.78 is 4.18. The van der Waals surface area contributed by atoms with Crippen LogP contribution >= 0.6 is 23.6 Å². The molecule has 0 aliphatic heterocycles. The van der Waals surface area contributed by atoms with Gasteiger partial charge in [0.1, 0.15) is 6.04 Å². The minimum atomic E-state index is -0.485. The van der Waals surface area contributed by atoms with Crippen molar-refractivity contribution < 1.29 is 4.79 Å². The van der Waals surface area contributed by atoms with Gasteiger partial charge in [-0.15, -0.1) is 11.3 Å². The molecule has 0 fully saturated rings. The van der Waals surface area contributed by atoms with Crippen LogP contribution in [-0.2, 0) is 17.9 Å². The number of H-pyrrole nitrogens is 1. The van der Waals surface area contributed by atoms with E-state index in [0.717, 1.165) is 27.4 Å². The Labute approximate surface area is 189 Å². The molecule has 9 heteroatoms. The van der Waals surface area contributed by atoms with Crippen LogP contribution < -0.4 is 5.32 Å². The molecule has 3 aromatic heterocycles. The predicted octanol–water partition coefficient (Wildman–Crippen LogP) is 4.41. The fourth-order valence-corrected chi connectivity index (χ4v) is 4.54. The lowest BCUT2D eigenvalue weighted by Gasteiger charge is -2.15. The van der Waals surface area contributed by atoms with Crippen LogP contribution in [0, 0.1) is 18.6 Å². The van der Waals surface area contributed by atoms with Crippen molar-refractivity contribution >= 4 is 29.5 Å². The molecule has 4 aromatic rings. The quantitative estimate of drug-likeness (QED) is 0.407. The third-order valence-corrected chi connectivity index (χ3v) is 6.26. The number of rotatable bonds is 7. The Morgan fingerprint density at radius 3 is 2.74 bits per heavy atom. The molecule has 3 heterocycles. The molecule has 0 aliphatic carbocycles. The Morgan fingerprint density at radius 2 is 2.03 bits per heavy atom. The van der Waals surface area contributed by atoms with Gasteiger partial charge < -0.3 is 5.32 Å². The molecule has 4 rings (SSSR count). The lowest BCUT2D eigenvalue weighted by Crippen LogP contribution is -2.31. The lowest BCUT2D eigenvalue weighted by molar-refractivity contribution is -0.124. The molecule has 2 N–H and O–H groups in total. The molecule has 1 unspecified atom stereocenters. The third kappa shape index (κ3) is 4.67. The highest BCUT2D eigenvalue weighted by atomic mass is 32.1. The van der Waals surface area contributed by atoms with Gasteiger partial charge in [-0.25, -0.2) is 0 Å². The minimum absolute atomic E-state index is 0.112. The topological polar surface area (TPSA) is 80.5 Å².